The molecule has 3 nitrogen and oxygen atoms in total. The Morgan fingerprint density at radius 3 is 2.14 bits per heavy atom. The highest BCUT2D eigenvalue weighted by molar-refractivity contribution is 5.26. The molecule has 0 spiro atoms. The molecule has 1 aromatic carbocycles. The predicted molar refractivity (Wildman–Crippen MR) is 77.4 cm³/mol. The number of rotatable bonds is 4. The maximum absolute atomic E-state index is 12.5. The molecular weight excluding hydrogens is 293 g/mol. The van der Waals surface area contributed by atoms with E-state index in [-0.39, 0.29) is 0 Å². The first kappa shape index (κ1) is 15.8. The molecule has 2 aliphatic rings. The van der Waals surface area contributed by atoms with Crippen molar-refractivity contribution in [3.63, 3.8) is 0 Å². The molecule has 0 aromatic heterocycles. The number of piperazine rings is 1. The van der Waals surface area contributed by atoms with E-state index < -0.39 is 17.8 Å². The lowest BCUT2D eigenvalue weighted by Crippen LogP contribution is -2.48. The van der Waals surface area contributed by atoms with Crippen molar-refractivity contribution in [1.82, 2.24) is 9.80 Å². The van der Waals surface area contributed by atoms with Crippen molar-refractivity contribution in [2.24, 2.45) is 0 Å². The summed E-state index contributed by atoms with van der Waals surface area (Å²) in [7, 11) is 0. The second kappa shape index (κ2) is 6.18. The molecule has 1 saturated heterocycles. The Kier molecular flexibility index (Phi) is 4.43. The zero-order valence-corrected chi connectivity index (χ0v) is 12.4. The topological polar surface area (TPSA) is 26.7 Å². The van der Waals surface area contributed by atoms with E-state index >= 15 is 0 Å². The first-order valence-electron chi connectivity index (χ1n) is 7.75. The van der Waals surface area contributed by atoms with Crippen molar-refractivity contribution in [1.29, 1.82) is 0 Å². The summed E-state index contributed by atoms with van der Waals surface area (Å²) in [6, 6.07) is 5.57. The van der Waals surface area contributed by atoms with Crippen molar-refractivity contribution >= 4 is 0 Å². The molecule has 122 valence electrons. The standard InChI is InChI=1S/C16H21F3N2O/c17-16(18,19)13-3-1-12(2-4-13)15(22)11-20-7-9-21(10-8-20)14-5-6-14/h1-4,14-15,22H,5-11H2/t15-/m0/s1. The van der Waals surface area contributed by atoms with Crippen LogP contribution in [0.3, 0.4) is 0 Å². The van der Waals surface area contributed by atoms with Gasteiger partial charge in [-0.25, -0.2) is 0 Å². The molecule has 1 N–H and O–H groups in total. The largest absolute Gasteiger partial charge is 0.416 e. The molecular formula is C16H21F3N2O. The lowest BCUT2D eigenvalue weighted by atomic mass is 10.1. The van der Waals surface area contributed by atoms with Gasteiger partial charge in [0.25, 0.3) is 0 Å². The second-order valence-electron chi connectivity index (χ2n) is 6.20. The molecule has 6 heteroatoms. The van der Waals surface area contributed by atoms with Gasteiger partial charge in [-0.15, -0.1) is 0 Å². The van der Waals surface area contributed by atoms with Crippen LogP contribution < -0.4 is 0 Å². The van der Waals surface area contributed by atoms with E-state index in [0.29, 0.717) is 12.1 Å². The van der Waals surface area contributed by atoms with Crippen LogP contribution in [0.15, 0.2) is 24.3 Å². The zero-order chi connectivity index (χ0) is 15.7. The molecule has 3 rings (SSSR count). The van der Waals surface area contributed by atoms with Gasteiger partial charge in [0.15, 0.2) is 0 Å². The molecule has 0 unspecified atom stereocenters. The van der Waals surface area contributed by atoms with Crippen LogP contribution in [0, 0.1) is 0 Å². The van der Waals surface area contributed by atoms with Crippen LogP contribution in [0.4, 0.5) is 13.2 Å². The third-order valence-corrected chi connectivity index (χ3v) is 4.52. The fourth-order valence-corrected chi connectivity index (χ4v) is 2.99. The van der Waals surface area contributed by atoms with Crippen LogP contribution >= 0.6 is 0 Å². The van der Waals surface area contributed by atoms with Crippen LogP contribution in [0.5, 0.6) is 0 Å². The summed E-state index contributed by atoms with van der Waals surface area (Å²) in [5, 5.41) is 10.2. The maximum Gasteiger partial charge on any atom is 0.416 e. The quantitative estimate of drug-likeness (QED) is 0.925. The fourth-order valence-electron chi connectivity index (χ4n) is 2.99. The molecule has 0 radical (unpaired) electrons. The molecule has 0 amide bonds. The summed E-state index contributed by atoms with van der Waals surface area (Å²) in [5.74, 6) is 0. The summed E-state index contributed by atoms with van der Waals surface area (Å²) >= 11 is 0. The number of aliphatic hydroxyl groups is 1. The minimum Gasteiger partial charge on any atom is -0.387 e. The number of halogens is 3. The van der Waals surface area contributed by atoms with Gasteiger partial charge >= 0.3 is 6.18 Å². The molecule has 1 atom stereocenters. The summed E-state index contributed by atoms with van der Waals surface area (Å²) in [6.45, 7) is 4.33. The minimum atomic E-state index is -4.33. The van der Waals surface area contributed by atoms with Crippen LogP contribution in [-0.2, 0) is 6.18 Å². The maximum atomic E-state index is 12.5. The summed E-state index contributed by atoms with van der Waals surface area (Å²) < 4.78 is 37.6. The predicted octanol–water partition coefficient (Wildman–Crippen LogP) is 2.52. The molecule has 22 heavy (non-hydrogen) atoms. The first-order valence-corrected chi connectivity index (χ1v) is 7.75. The minimum absolute atomic E-state index is 0.476. The number of hydrogen-bond donors (Lipinski definition) is 1. The van der Waals surface area contributed by atoms with Crippen molar-refractivity contribution in [3.8, 4) is 0 Å². The normalized spacial score (nSPS) is 22.7. The highest BCUT2D eigenvalue weighted by Crippen LogP contribution is 2.30. The molecule has 1 aromatic rings. The SMILES string of the molecule is O[C@@H](CN1CCN(C2CC2)CC1)c1ccc(C(F)(F)F)cc1. The number of hydrogen-bond acceptors (Lipinski definition) is 3. The van der Waals surface area contributed by atoms with E-state index in [1.807, 2.05) is 0 Å². The van der Waals surface area contributed by atoms with Crippen molar-refractivity contribution in [2.45, 2.75) is 31.2 Å². The van der Waals surface area contributed by atoms with Crippen LogP contribution in [0.25, 0.3) is 0 Å². The Balaban J connectivity index is 1.52. The van der Waals surface area contributed by atoms with Gasteiger partial charge in [-0.3, -0.25) is 9.80 Å². The summed E-state index contributed by atoms with van der Waals surface area (Å²) in [4.78, 5) is 4.67. The Bertz CT molecular complexity index is 491. The van der Waals surface area contributed by atoms with E-state index in [9.17, 15) is 18.3 Å². The highest BCUT2D eigenvalue weighted by atomic mass is 19.4. The average Bonchev–Trinajstić information content (AvgIpc) is 3.32. The summed E-state index contributed by atoms with van der Waals surface area (Å²) in [5.41, 5.74) is -0.140. The van der Waals surface area contributed by atoms with E-state index in [2.05, 4.69) is 9.80 Å². The van der Waals surface area contributed by atoms with Crippen LogP contribution in [0.1, 0.15) is 30.1 Å². The lowest BCUT2D eigenvalue weighted by Gasteiger charge is -2.35. The number of nitrogens with zero attached hydrogens (tertiary/aromatic N) is 2. The number of benzene rings is 1. The number of β-amino-alcohol motifs (C(OH)–C–C–N with tert-alkyl or cyclic N) is 1. The Morgan fingerprint density at radius 2 is 1.64 bits per heavy atom. The van der Waals surface area contributed by atoms with Gasteiger partial charge in [0.1, 0.15) is 0 Å². The molecule has 2 fully saturated rings. The van der Waals surface area contributed by atoms with Crippen molar-refractivity contribution < 1.29 is 18.3 Å². The van der Waals surface area contributed by atoms with Gasteiger partial charge in [0.2, 0.25) is 0 Å². The van der Waals surface area contributed by atoms with Crippen molar-refractivity contribution in [2.75, 3.05) is 32.7 Å². The summed E-state index contributed by atoms with van der Waals surface area (Å²) in [6.07, 6.45) is -2.47. The van der Waals surface area contributed by atoms with Gasteiger partial charge < -0.3 is 5.11 Å². The van der Waals surface area contributed by atoms with Gasteiger partial charge in [-0.2, -0.15) is 13.2 Å². The van der Waals surface area contributed by atoms with Crippen LogP contribution in [0.2, 0.25) is 0 Å². The Morgan fingerprint density at radius 1 is 1.05 bits per heavy atom. The molecule has 1 aliphatic heterocycles. The van der Waals surface area contributed by atoms with E-state index in [1.54, 1.807) is 0 Å². The van der Waals surface area contributed by atoms with Gasteiger partial charge in [-0.1, -0.05) is 12.1 Å². The zero-order valence-electron chi connectivity index (χ0n) is 12.4. The third-order valence-electron chi connectivity index (χ3n) is 4.52. The number of alkyl halides is 3. The Labute approximate surface area is 128 Å². The van der Waals surface area contributed by atoms with Gasteiger partial charge in [0.05, 0.1) is 11.7 Å². The van der Waals surface area contributed by atoms with Gasteiger partial charge in [-0.05, 0) is 30.5 Å². The van der Waals surface area contributed by atoms with E-state index in [0.717, 1.165) is 44.4 Å². The second-order valence-corrected chi connectivity index (χ2v) is 6.20. The smallest absolute Gasteiger partial charge is 0.387 e. The fraction of sp³-hybridized carbons (Fsp3) is 0.625. The molecule has 1 saturated carbocycles. The first-order chi connectivity index (χ1) is 10.4. The average molecular weight is 314 g/mol. The van der Waals surface area contributed by atoms with E-state index in [1.165, 1.54) is 25.0 Å². The van der Waals surface area contributed by atoms with Crippen LogP contribution in [-0.4, -0.2) is 53.7 Å². The lowest BCUT2D eigenvalue weighted by molar-refractivity contribution is -0.137. The van der Waals surface area contributed by atoms with Gasteiger partial charge in [0, 0.05) is 38.8 Å². The molecule has 1 heterocycles. The monoisotopic (exact) mass is 314 g/mol. The Hall–Kier alpha value is -1.11. The van der Waals surface area contributed by atoms with Crippen molar-refractivity contribution in [3.05, 3.63) is 35.4 Å². The number of aliphatic hydroxyl groups excluding tert-OH is 1. The third kappa shape index (κ3) is 3.80. The highest BCUT2D eigenvalue weighted by Gasteiger charge is 2.32. The molecule has 0 bridgehead atoms. The molecule has 1 aliphatic carbocycles. The van der Waals surface area contributed by atoms with E-state index in [4.69, 9.17) is 0 Å².